The minimum atomic E-state index is -0.951. The van der Waals surface area contributed by atoms with Crippen LogP contribution in [0.3, 0.4) is 0 Å². The zero-order chi connectivity index (χ0) is 22.1. The second-order valence-electron chi connectivity index (χ2n) is 7.24. The molecule has 1 aliphatic heterocycles. The molecule has 2 heterocycles. The SMILES string of the molecule is CCCCN1C(=O)N(c2ccc(Br)cc2)C(=O)[C@@H]1c1nnnn1-c1c(C)cccc1Cl. The lowest BCUT2D eigenvalue weighted by molar-refractivity contribution is -0.120. The van der Waals surface area contributed by atoms with Gasteiger partial charge >= 0.3 is 6.03 Å². The Morgan fingerprint density at radius 2 is 1.87 bits per heavy atom. The predicted molar refractivity (Wildman–Crippen MR) is 120 cm³/mol. The van der Waals surface area contributed by atoms with Crippen LogP contribution in [0.15, 0.2) is 46.9 Å². The highest BCUT2D eigenvalue weighted by Gasteiger charge is 2.49. The zero-order valence-electron chi connectivity index (χ0n) is 17.0. The van der Waals surface area contributed by atoms with Crippen LogP contribution in [0.4, 0.5) is 10.5 Å². The molecular weight excluding hydrogens is 484 g/mol. The van der Waals surface area contributed by atoms with E-state index in [1.807, 2.05) is 26.0 Å². The van der Waals surface area contributed by atoms with E-state index in [0.29, 0.717) is 22.9 Å². The van der Waals surface area contributed by atoms with Crippen LogP contribution in [0.1, 0.15) is 37.2 Å². The number of benzene rings is 2. The molecule has 1 aliphatic rings. The van der Waals surface area contributed by atoms with Crippen LogP contribution >= 0.6 is 27.5 Å². The number of hydrogen-bond donors (Lipinski definition) is 0. The third kappa shape index (κ3) is 3.83. The Hall–Kier alpha value is -2.78. The lowest BCUT2D eigenvalue weighted by atomic mass is 10.1. The number of hydrogen-bond acceptors (Lipinski definition) is 5. The van der Waals surface area contributed by atoms with Crippen LogP contribution < -0.4 is 4.90 Å². The van der Waals surface area contributed by atoms with Crippen molar-refractivity contribution in [1.29, 1.82) is 0 Å². The highest BCUT2D eigenvalue weighted by molar-refractivity contribution is 9.10. The molecule has 3 aromatic rings. The van der Waals surface area contributed by atoms with Gasteiger partial charge in [-0.15, -0.1) is 5.10 Å². The van der Waals surface area contributed by atoms with Gasteiger partial charge in [-0.05, 0) is 59.7 Å². The number of imide groups is 1. The fourth-order valence-corrected chi connectivity index (χ4v) is 4.20. The topological polar surface area (TPSA) is 84.2 Å². The molecule has 0 N–H and O–H groups in total. The summed E-state index contributed by atoms with van der Waals surface area (Å²) in [5.41, 5.74) is 1.93. The molecule has 0 spiro atoms. The minimum absolute atomic E-state index is 0.255. The molecule has 2 aromatic carbocycles. The van der Waals surface area contributed by atoms with Crippen molar-refractivity contribution in [2.24, 2.45) is 0 Å². The van der Waals surface area contributed by atoms with E-state index < -0.39 is 18.0 Å². The van der Waals surface area contributed by atoms with Crippen LogP contribution in [0.25, 0.3) is 5.69 Å². The summed E-state index contributed by atoms with van der Waals surface area (Å²) in [5, 5.41) is 12.5. The van der Waals surface area contributed by atoms with Crippen molar-refractivity contribution in [3.8, 4) is 5.69 Å². The van der Waals surface area contributed by atoms with E-state index in [1.165, 1.54) is 14.5 Å². The number of nitrogens with zero attached hydrogens (tertiary/aromatic N) is 6. The van der Waals surface area contributed by atoms with E-state index in [-0.39, 0.29) is 5.82 Å². The van der Waals surface area contributed by atoms with E-state index in [4.69, 9.17) is 11.6 Å². The molecule has 1 fully saturated rings. The lowest BCUT2D eigenvalue weighted by Crippen LogP contribution is -2.34. The van der Waals surface area contributed by atoms with E-state index in [0.717, 1.165) is 22.9 Å². The summed E-state index contributed by atoms with van der Waals surface area (Å²) in [5.74, 6) is -0.144. The van der Waals surface area contributed by atoms with Crippen LogP contribution in [0.5, 0.6) is 0 Å². The first-order valence-electron chi connectivity index (χ1n) is 9.88. The number of urea groups is 1. The molecule has 0 aliphatic carbocycles. The minimum Gasteiger partial charge on any atom is -0.305 e. The van der Waals surface area contributed by atoms with Gasteiger partial charge in [0.25, 0.3) is 5.91 Å². The van der Waals surface area contributed by atoms with Gasteiger partial charge < -0.3 is 4.90 Å². The van der Waals surface area contributed by atoms with Crippen LogP contribution in [-0.4, -0.2) is 43.6 Å². The second-order valence-corrected chi connectivity index (χ2v) is 8.56. The van der Waals surface area contributed by atoms with Gasteiger partial charge in [-0.3, -0.25) is 4.79 Å². The summed E-state index contributed by atoms with van der Waals surface area (Å²) in [6.07, 6.45) is 1.62. The van der Waals surface area contributed by atoms with Gasteiger partial charge in [-0.25, -0.2) is 9.69 Å². The summed E-state index contributed by atoms with van der Waals surface area (Å²) >= 11 is 9.81. The Labute approximate surface area is 192 Å². The van der Waals surface area contributed by atoms with E-state index >= 15 is 0 Å². The molecule has 1 atom stereocenters. The molecule has 8 nitrogen and oxygen atoms in total. The van der Waals surface area contributed by atoms with Crippen molar-refractivity contribution in [2.45, 2.75) is 32.7 Å². The third-order valence-corrected chi connectivity index (χ3v) is 6.01. The number of rotatable bonds is 6. The average molecular weight is 504 g/mol. The van der Waals surface area contributed by atoms with Gasteiger partial charge in [0, 0.05) is 11.0 Å². The van der Waals surface area contributed by atoms with Crippen molar-refractivity contribution in [2.75, 3.05) is 11.4 Å². The van der Waals surface area contributed by atoms with E-state index in [2.05, 4.69) is 31.5 Å². The van der Waals surface area contributed by atoms with Crippen LogP contribution in [0.2, 0.25) is 5.02 Å². The smallest absolute Gasteiger partial charge is 0.305 e. The molecule has 0 bridgehead atoms. The number of carbonyl (C=O) groups is 2. The number of carbonyl (C=O) groups excluding carboxylic acids is 2. The Morgan fingerprint density at radius 1 is 1.13 bits per heavy atom. The number of amides is 3. The first-order valence-corrected chi connectivity index (χ1v) is 11.0. The highest BCUT2D eigenvalue weighted by Crippen LogP contribution is 2.35. The van der Waals surface area contributed by atoms with Crippen molar-refractivity contribution >= 4 is 45.2 Å². The Morgan fingerprint density at radius 3 is 2.55 bits per heavy atom. The summed E-state index contributed by atoms with van der Waals surface area (Å²) in [6.45, 7) is 4.32. The molecule has 4 rings (SSSR count). The number of anilines is 1. The third-order valence-electron chi connectivity index (χ3n) is 5.18. The number of para-hydroxylation sites is 1. The molecule has 31 heavy (non-hydrogen) atoms. The number of aromatic nitrogens is 4. The first-order chi connectivity index (χ1) is 14.9. The standard InChI is InChI=1S/C21H20BrClN6O2/c1-3-4-12-27-18(20(30)28(21(27)31)15-10-8-14(22)9-11-15)19-24-25-26-29(19)17-13(2)6-5-7-16(17)23/h5-11,18H,3-4,12H2,1-2H3/t18-/m0/s1. The molecule has 3 amide bonds. The first kappa shape index (κ1) is 21.5. The fourth-order valence-electron chi connectivity index (χ4n) is 3.63. The molecule has 1 saturated heterocycles. The zero-order valence-corrected chi connectivity index (χ0v) is 19.3. The molecule has 160 valence electrons. The summed E-state index contributed by atoms with van der Waals surface area (Å²) < 4.78 is 2.31. The Bertz CT molecular complexity index is 1110. The largest absolute Gasteiger partial charge is 0.332 e. The summed E-state index contributed by atoms with van der Waals surface area (Å²) in [7, 11) is 0. The fraction of sp³-hybridized carbons (Fsp3) is 0.286. The van der Waals surface area contributed by atoms with Gasteiger partial charge in [-0.2, -0.15) is 4.68 Å². The predicted octanol–water partition coefficient (Wildman–Crippen LogP) is 4.70. The van der Waals surface area contributed by atoms with E-state index in [9.17, 15) is 9.59 Å². The second kappa shape index (κ2) is 8.76. The normalized spacial score (nSPS) is 16.5. The Balaban J connectivity index is 1.81. The van der Waals surface area contributed by atoms with Gasteiger partial charge in [0.05, 0.1) is 16.4 Å². The number of halogens is 2. The van der Waals surface area contributed by atoms with Gasteiger partial charge in [0.15, 0.2) is 11.9 Å². The van der Waals surface area contributed by atoms with Crippen molar-refractivity contribution in [1.82, 2.24) is 25.1 Å². The molecule has 0 saturated carbocycles. The number of unbranched alkanes of at least 4 members (excludes halogenated alkanes) is 1. The maximum Gasteiger partial charge on any atom is 0.332 e. The number of tetrazole rings is 1. The molecule has 0 radical (unpaired) electrons. The molecular formula is C21H20BrClN6O2. The molecule has 1 aromatic heterocycles. The van der Waals surface area contributed by atoms with E-state index in [1.54, 1.807) is 30.3 Å². The maximum atomic E-state index is 13.5. The quantitative estimate of drug-likeness (QED) is 0.455. The highest BCUT2D eigenvalue weighted by atomic mass is 79.9. The molecule has 0 unspecified atom stereocenters. The lowest BCUT2D eigenvalue weighted by Gasteiger charge is -2.21. The van der Waals surface area contributed by atoms with Crippen molar-refractivity contribution in [3.05, 3.63) is 63.3 Å². The van der Waals surface area contributed by atoms with Crippen LogP contribution in [0, 0.1) is 6.92 Å². The number of aryl methyl sites for hydroxylation is 1. The van der Waals surface area contributed by atoms with Gasteiger partial charge in [-0.1, -0.05) is 53.0 Å². The van der Waals surface area contributed by atoms with Gasteiger partial charge in [0.1, 0.15) is 0 Å². The summed E-state index contributed by atoms with van der Waals surface area (Å²) in [6, 6.07) is 11.1. The summed E-state index contributed by atoms with van der Waals surface area (Å²) in [4.78, 5) is 29.6. The van der Waals surface area contributed by atoms with Crippen LogP contribution in [-0.2, 0) is 4.79 Å². The van der Waals surface area contributed by atoms with Crippen molar-refractivity contribution in [3.63, 3.8) is 0 Å². The average Bonchev–Trinajstić information content (AvgIpc) is 3.29. The maximum absolute atomic E-state index is 13.5. The monoisotopic (exact) mass is 502 g/mol. The Kier molecular flexibility index (Phi) is 6.06. The molecule has 10 heteroatoms. The van der Waals surface area contributed by atoms with Crippen molar-refractivity contribution < 1.29 is 9.59 Å². The van der Waals surface area contributed by atoms with Gasteiger partial charge in [0.2, 0.25) is 0 Å².